The first-order chi connectivity index (χ1) is 9.84. The van der Waals surface area contributed by atoms with Gasteiger partial charge < -0.3 is 0 Å². The molecule has 0 aliphatic carbocycles. The van der Waals surface area contributed by atoms with Crippen molar-refractivity contribution in [2.24, 2.45) is 0 Å². The van der Waals surface area contributed by atoms with E-state index in [4.69, 9.17) is 0 Å². The van der Waals surface area contributed by atoms with E-state index < -0.39 is 0 Å². The van der Waals surface area contributed by atoms with Crippen molar-refractivity contribution in [2.75, 3.05) is 4.90 Å². The molecule has 3 heterocycles. The molecule has 0 aromatic carbocycles. The summed E-state index contributed by atoms with van der Waals surface area (Å²) in [6, 6.07) is 13.4. The predicted octanol–water partition coefficient (Wildman–Crippen LogP) is 4.05. The second-order valence-corrected chi connectivity index (χ2v) is 6.12. The zero-order chi connectivity index (χ0) is 13.8. The number of amides is 1. The number of aromatic nitrogens is 1. The van der Waals surface area contributed by atoms with Gasteiger partial charge in [0.2, 0.25) is 0 Å². The van der Waals surface area contributed by atoms with Crippen molar-refractivity contribution in [2.45, 2.75) is 6.54 Å². The summed E-state index contributed by atoms with van der Waals surface area (Å²) >= 11 is 3.09. The lowest BCUT2D eigenvalue weighted by molar-refractivity contribution is 0.0988. The van der Waals surface area contributed by atoms with E-state index in [0.717, 1.165) is 9.75 Å². The summed E-state index contributed by atoms with van der Waals surface area (Å²) in [5.74, 6) is 0.673. The van der Waals surface area contributed by atoms with Crippen LogP contribution < -0.4 is 4.90 Å². The molecule has 0 aliphatic rings. The van der Waals surface area contributed by atoms with E-state index in [1.807, 2.05) is 53.2 Å². The maximum absolute atomic E-state index is 12.6. The zero-order valence-corrected chi connectivity index (χ0v) is 12.2. The van der Waals surface area contributed by atoms with Crippen molar-refractivity contribution in [1.29, 1.82) is 0 Å². The molecule has 0 fully saturated rings. The van der Waals surface area contributed by atoms with Gasteiger partial charge in [0.05, 0.1) is 11.4 Å². The molecule has 1 amide bonds. The van der Waals surface area contributed by atoms with E-state index in [2.05, 4.69) is 4.98 Å². The smallest absolute Gasteiger partial charge is 0.269 e. The van der Waals surface area contributed by atoms with Crippen molar-refractivity contribution >= 4 is 34.4 Å². The first kappa shape index (κ1) is 13.0. The zero-order valence-electron chi connectivity index (χ0n) is 10.6. The molecule has 0 aliphatic heterocycles. The van der Waals surface area contributed by atoms with Gasteiger partial charge in [0.15, 0.2) is 0 Å². The highest BCUT2D eigenvalue weighted by Crippen LogP contribution is 2.21. The number of carbonyl (C=O) groups is 1. The summed E-state index contributed by atoms with van der Waals surface area (Å²) < 4.78 is 0. The number of rotatable bonds is 4. The molecule has 0 saturated carbocycles. The molecule has 0 bridgehead atoms. The number of thiophene rings is 2. The van der Waals surface area contributed by atoms with Gasteiger partial charge in [0.25, 0.3) is 5.91 Å². The lowest BCUT2D eigenvalue weighted by Crippen LogP contribution is -2.30. The minimum atomic E-state index is -0.00731. The molecular weight excluding hydrogens is 288 g/mol. The molecule has 100 valence electrons. The number of hydrogen-bond donors (Lipinski definition) is 0. The molecule has 3 aromatic rings. The lowest BCUT2D eigenvalue weighted by atomic mass is 10.3. The van der Waals surface area contributed by atoms with Crippen molar-refractivity contribution in [3.8, 4) is 0 Å². The van der Waals surface area contributed by atoms with Crippen LogP contribution >= 0.6 is 22.7 Å². The number of carbonyl (C=O) groups excluding carboxylic acids is 1. The molecule has 3 aromatic heterocycles. The highest BCUT2D eigenvalue weighted by Gasteiger charge is 2.20. The fraction of sp³-hybridized carbons (Fsp3) is 0.0667. The molecule has 0 radical (unpaired) electrons. The van der Waals surface area contributed by atoms with Crippen molar-refractivity contribution < 1.29 is 4.79 Å². The van der Waals surface area contributed by atoms with Crippen LogP contribution in [-0.2, 0) is 6.54 Å². The predicted molar refractivity (Wildman–Crippen MR) is 83.4 cm³/mol. The Bertz CT molecular complexity index is 663. The third-order valence-electron chi connectivity index (χ3n) is 2.80. The molecule has 20 heavy (non-hydrogen) atoms. The largest absolute Gasteiger partial charge is 0.287 e. The first-order valence-corrected chi connectivity index (χ1v) is 7.89. The fourth-order valence-electron chi connectivity index (χ4n) is 1.86. The van der Waals surface area contributed by atoms with Gasteiger partial charge in [-0.2, -0.15) is 0 Å². The summed E-state index contributed by atoms with van der Waals surface area (Å²) in [4.78, 5) is 20.5. The van der Waals surface area contributed by atoms with Gasteiger partial charge in [-0.1, -0.05) is 18.2 Å². The van der Waals surface area contributed by atoms with Crippen LogP contribution in [-0.4, -0.2) is 10.9 Å². The molecule has 0 N–H and O–H groups in total. The van der Waals surface area contributed by atoms with Crippen molar-refractivity contribution in [3.63, 3.8) is 0 Å². The Morgan fingerprint density at radius 3 is 2.55 bits per heavy atom. The summed E-state index contributed by atoms with van der Waals surface area (Å²) in [6.07, 6.45) is 1.71. The Balaban J connectivity index is 1.93. The summed E-state index contributed by atoms with van der Waals surface area (Å²) in [7, 11) is 0. The van der Waals surface area contributed by atoms with Crippen LogP contribution in [0.5, 0.6) is 0 Å². The van der Waals surface area contributed by atoms with E-state index in [1.165, 1.54) is 11.3 Å². The Morgan fingerprint density at radius 1 is 1.05 bits per heavy atom. The Kier molecular flexibility index (Phi) is 3.90. The van der Waals surface area contributed by atoms with Gasteiger partial charge >= 0.3 is 0 Å². The van der Waals surface area contributed by atoms with Crippen molar-refractivity contribution in [1.82, 2.24) is 4.98 Å². The van der Waals surface area contributed by atoms with Crippen LogP contribution in [0.1, 0.15) is 14.5 Å². The minimum Gasteiger partial charge on any atom is -0.287 e. The number of nitrogens with zero attached hydrogens (tertiary/aromatic N) is 2. The molecular formula is C15H12N2OS2. The highest BCUT2D eigenvalue weighted by molar-refractivity contribution is 7.12. The molecule has 0 unspecified atom stereocenters. The maximum Gasteiger partial charge on any atom is 0.269 e. The van der Waals surface area contributed by atoms with E-state index >= 15 is 0 Å². The number of hydrogen-bond acceptors (Lipinski definition) is 4. The van der Waals surface area contributed by atoms with Crippen LogP contribution in [0.3, 0.4) is 0 Å². The van der Waals surface area contributed by atoms with Crippen molar-refractivity contribution in [3.05, 3.63) is 69.2 Å². The standard InChI is InChI=1S/C15H12N2OS2/c18-15(13-6-4-10-20-13)17(11-12-5-3-9-19-12)14-7-1-2-8-16-14/h1-10H,11H2. The van der Waals surface area contributed by atoms with Crippen LogP contribution in [0.4, 0.5) is 5.82 Å². The van der Waals surface area contributed by atoms with Crippen LogP contribution in [0.15, 0.2) is 59.4 Å². The number of pyridine rings is 1. The van der Waals surface area contributed by atoms with Crippen LogP contribution in [0.2, 0.25) is 0 Å². The quantitative estimate of drug-likeness (QED) is 0.728. The molecule has 5 heteroatoms. The van der Waals surface area contributed by atoms with Gasteiger partial charge in [-0.25, -0.2) is 4.98 Å². The molecule has 0 saturated heterocycles. The molecule has 0 atom stereocenters. The van der Waals surface area contributed by atoms with Crippen LogP contribution in [0, 0.1) is 0 Å². The Morgan fingerprint density at radius 2 is 1.90 bits per heavy atom. The first-order valence-electron chi connectivity index (χ1n) is 6.13. The Hall–Kier alpha value is -1.98. The van der Waals surface area contributed by atoms with Gasteiger partial charge in [0.1, 0.15) is 5.82 Å². The second kappa shape index (κ2) is 5.98. The SMILES string of the molecule is O=C(c1cccs1)N(Cc1cccs1)c1ccccn1. The third kappa shape index (κ3) is 2.79. The number of anilines is 1. The van der Waals surface area contributed by atoms with Gasteiger partial charge in [0, 0.05) is 11.1 Å². The lowest BCUT2D eigenvalue weighted by Gasteiger charge is -2.20. The average Bonchev–Trinajstić information content (AvgIpc) is 3.18. The Labute approximate surface area is 125 Å². The molecule has 3 nitrogen and oxygen atoms in total. The van der Waals surface area contributed by atoms with Crippen LogP contribution in [0.25, 0.3) is 0 Å². The van der Waals surface area contributed by atoms with E-state index in [0.29, 0.717) is 12.4 Å². The van der Waals surface area contributed by atoms with Gasteiger partial charge in [-0.15, -0.1) is 22.7 Å². The maximum atomic E-state index is 12.6. The highest BCUT2D eigenvalue weighted by atomic mass is 32.1. The topological polar surface area (TPSA) is 33.2 Å². The fourth-order valence-corrected chi connectivity index (χ4v) is 3.23. The van der Waals surface area contributed by atoms with Gasteiger partial charge in [-0.3, -0.25) is 9.69 Å². The van der Waals surface area contributed by atoms with E-state index in [1.54, 1.807) is 22.4 Å². The van der Waals surface area contributed by atoms with E-state index in [-0.39, 0.29) is 5.91 Å². The summed E-state index contributed by atoms with van der Waals surface area (Å²) in [5.41, 5.74) is 0. The monoisotopic (exact) mass is 300 g/mol. The average molecular weight is 300 g/mol. The molecule has 0 spiro atoms. The van der Waals surface area contributed by atoms with E-state index in [9.17, 15) is 4.79 Å². The second-order valence-electron chi connectivity index (χ2n) is 4.14. The third-order valence-corrected chi connectivity index (χ3v) is 4.52. The normalized spacial score (nSPS) is 10.4. The summed E-state index contributed by atoms with van der Waals surface area (Å²) in [5, 5.41) is 3.93. The minimum absolute atomic E-state index is 0.00731. The van der Waals surface area contributed by atoms with Gasteiger partial charge in [-0.05, 0) is 35.0 Å². The molecule has 3 rings (SSSR count). The summed E-state index contributed by atoms with van der Waals surface area (Å²) in [6.45, 7) is 0.547.